The molecule has 0 saturated heterocycles. The minimum atomic E-state index is -2.82. The van der Waals surface area contributed by atoms with Crippen LogP contribution in [0.15, 0.2) is 11.0 Å². The van der Waals surface area contributed by atoms with Crippen LogP contribution in [0.2, 0.25) is 0 Å². The molecule has 1 aromatic rings. The van der Waals surface area contributed by atoms with Gasteiger partial charge in [-0.3, -0.25) is 4.79 Å². The maximum atomic E-state index is 12.2. The van der Waals surface area contributed by atoms with Crippen molar-refractivity contribution in [2.24, 2.45) is 0 Å². The average Bonchev–Trinajstić information content (AvgIpc) is 2.08. The van der Waals surface area contributed by atoms with Crippen LogP contribution in [0.1, 0.15) is 22.5 Å². The van der Waals surface area contributed by atoms with Crippen LogP contribution in [0.3, 0.4) is 0 Å². The van der Waals surface area contributed by atoms with E-state index < -0.39 is 29.1 Å². The second-order valence-corrected chi connectivity index (χ2v) is 3.44. The number of aromatic carboxylic acids is 1. The van der Waals surface area contributed by atoms with Crippen LogP contribution in [0.5, 0.6) is 0 Å². The number of nitrogens with one attached hydrogen (secondary N) is 1. The number of pyridine rings is 1. The van der Waals surface area contributed by atoms with Crippen molar-refractivity contribution < 1.29 is 18.7 Å². The van der Waals surface area contributed by atoms with Crippen LogP contribution in [-0.4, -0.2) is 16.1 Å². The molecule has 76 valence electrons. The molecule has 0 aliphatic heterocycles. The number of alkyl halides is 2. The van der Waals surface area contributed by atoms with E-state index in [9.17, 15) is 18.4 Å². The number of H-pyrrole nitrogens is 1. The first-order chi connectivity index (χ1) is 6.45. The van der Waals surface area contributed by atoms with Crippen molar-refractivity contribution in [3.05, 3.63) is 31.2 Å². The van der Waals surface area contributed by atoms with Crippen molar-refractivity contribution in [3.8, 4) is 0 Å². The Morgan fingerprint density at radius 1 is 1.57 bits per heavy atom. The topological polar surface area (TPSA) is 70.2 Å². The van der Waals surface area contributed by atoms with Gasteiger partial charge in [-0.1, -0.05) is 0 Å². The molecule has 4 nitrogen and oxygen atoms in total. The first kappa shape index (κ1) is 11.1. The number of halogens is 3. The lowest BCUT2D eigenvalue weighted by molar-refractivity contribution is 0.0694. The Morgan fingerprint density at radius 3 is 2.57 bits per heavy atom. The number of hydrogen-bond donors (Lipinski definition) is 2. The largest absolute Gasteiger partial charge is 0.477 e. The van der Waals surface area contributed by atoms with E-state index >= 15 is 0 Å². The van der Waals surface area contributed by atoms with E-state index in [0.717, 1.165) is 6.20 Å². The normalized spacial score (nSPS) is 10.6. The van der Waals surface area contributed by atoms with Crippen molar-refractivity contribution in [2.75, 3.05) is 0 Å². The molecule has 0 radical (unpaired) electrons. The standard InChI is InChI=1S/C7H4F2INO3/c8-6(9)4-3(10)5(12)2(1-11-4)7(13)14/h1,6H,(H,11,12)(H,13,14). The zero-order valence-corrected chi connectivity index (χ0v) is 8.71. The molecule has 0 saturated carbocycles. The second kappa shape index (κ2) is 4.03. The Labute approximate surface area is 90.1 Å². The zero-order valence-electron chi connectivity index (χ0n) is 6.55. The molecule has 1 rings (SSSR count). The SMILES string of the molecule is O=C(O)c1c[nH]c(C(F)F)c(I)c1=O. The van der Waals surface area contributed by atoms with Crippen molar-refractivity contribution in [1.82, 2.24) is 4.98 Å². The van der Waals surface area contributed by atoms with Gasteiger partial charge in [0, 0.05) is 6.20 Å². The molecule has 14 heavy (non-hydrogen) atoms. The molecular formula is C7H4F2INO3. The van der Waals surface area contributed by atoms with Gasteiger partial charge in [-0.25, -0.2) is 13.6 Å². The van der Waals surface area contributed by atoms with E-state index in [1.807, 2.05) is 0 Å². The third kappa shape index (κ3) is 1.91. The van der Waals surface area contributed by atoms with Gasteiger partial charge in [0.1, 0.15) is 5.56 Å². The first-order valence-corrected chi connectivity index (χ1v) is 4.45. The summed E-state index contributed by atoms with van der Waals surface area (Å²) in [6.45, 7) is 0. The highest BCUT2D eigenvalue weighted by Crippen LogP contribution is 2.19. The molecule has 1 aromatic heterocycles. The van der Waals surface area contributed by atoms with E-state index in [4.69, 9.17) is 5.11 Å². The fourth-order valence-corrected chi connectivity index (χ4v) is 1.52. The number of aromatic nitrogens is 1. The molecule has 0 unspecified atom stereocenters. The fraction of sp³-hybridized carbons (Fsp3) is 0.143. The molecule has 0 aliphatic carbocycles. The molecule has 7 heteroatoms. The number of aromatic amines is 1. The summed E-state index contributed by atoms with van der Waals surface area (Å²) >= 11 is 1.39. The van der Waals surface area contributed by atoms with Gasteiger partial charge in [-0.15, -0.1) is 0 Å². The van der Waals surface area contributed by atoms with Gasteiger partial charge in [0.15, 0.2) is 0 Å². The van der Waals surface area contributed by atoms with Gasteiger partial charge in [-0.05, 0) is 22.6 Å². The number of carbonyl (C=O) groups is 1. The van der Waals surface area contributed by atoms with Gasteiger partial charge in [-0.2, -0.15) is 0 Å². The Morgan fingerprint density at radius 2 is 2.14 bits per heavy atom. The van der Waals surface area contributed by atoms with E-state index in [2.05, 4.69) is 4.98 Å². The lowest BCUT2D eigenvalue weighted by Crippen LogP contribution is -2.20. The second-order valence-electron chi connectivity index (χ2n) is 2.36. The van der Waals surface area contributed by atoms with Crippen LogP contribution in [0, 0.1) is 3.57 Å². The van der Waals surface area contributed by atoms with Gasteiger partial charge in [0.2, 0.25) is 5.43 Å². The van der Waals surface area contributed by atoms with Crippen molar-refractivity contribution in [1.29, 1.82) is 0 Å². The molecule has 0 amide bonds. The summed E-state index contributed by atoms with van der Waals surface area (Å²) in [5, 5.41) is 8.51. The van der Waals surface area contributed by atoms with Gasteiger partial charge >= 0.3 is 5.97 Å². The average molecular weight is 315 g/mol. The predicted octanol–water partition coefficient (Wildman–Crippen LogP) is 1.62. The summed E-state index contributed by atoms with van der Waals surface area (Å²) in [5.41, 5.74) is -1.99. The molecule has 1 heterocycles. The zero-order chi connectivity index (χ0) is 10.9. The molecular weight excluding hydrogens is 311 g/mol. The van der Waals surface area contributed by atoms with E-state index in [1.54, 1.807) is 0 Å². The van der Waals surface area contributed by atoms with E-state index in [-0.39, 0.29) is 3.57 Å². The minimum Gasteiger partial charge on any atom is -0.477 e. The third-order valence-corrected chi connectivity index (χ3v) is 2.57. The summed E-state index contributed by atoms with van der Waals surface area (Å²) in [4.78, 5) is 23.7. The maximum Gasteiger partial charge on any atom is 0.341 e. The molecule has 0 bridgehead atoms. The Kier molecular flexibility index (Phi) is 3.19. The molecule has 0 aromatic carbocycles. The highest BCUT2D eigenvalue weighted by Gasteiger charge is 2.19. The molecule has 2 N–H and O–H groups in total. The van der Waals surface area contributed by atoms with Crippen LogP contribution in [0.4, 0.5) is 8.78 Å². The van der Waals surface area contributed by atoms with Gasteiger partial charge in [0.05, 0.1) is 9.26 Å². The van der Waals surface area contributed by atoms with Crippen molar-refractivity contribution >= 4 is 28.6 Å². The lowest BCUT2D eigenvalue weighted by Gasteiger charge is -2.03. The first-order valence-electron chi connectivity index (χ1n) is 3.37. The monoisotopic (exact) mass is 315 g/mol. The van der Waals surface area contributed by atoms with Crippen LogP contribution < -0.4 is 5.43 Å². The predicted molar refractivity (Wildman–Crippen MR) is 51.7 cm³/mol. The molecule has 0 spiro atoms. The van der Waals surface area contributed by atoms with Crippen LogP contribution in [0.25, 0.3) is 0 Å². The minimum absolute atomic E-state index is 0.294. The van der Waals surface area contributed by atoms with Crippen molar-refractivity contribution in [3.63, 3.8) is 0 Å². The van der Waals surface area contributed by atoms with Crippen LogP contribution >= 0.6 is 22.6 Å². The number of carboxylic acid groups (broad SMARTS) is 1. The Hall–Kier alpha value is -0.990. The van der Waals surface area contributed by atoms with Crippen LogP contribution in [-0.2, 0) is 0 Å². The number of carboxylic acids is 1. The highest BCUT2D eigenvalue weighted by atomic mass is 127. The smallest absolute Gasteiger partial charge is 0.341 e. The number of rotatable bonds is 2. The molecule has 0 atom stereocenters. The van der Waals surface area contributed by atoms with Gasteiger partial charge in [0.25, 0.3) is 6.43 Å². The summed E-state index contributed by atoms with van der Waals surface area (Å²) in [7, 11) is 0. The Balaban J connectivity index is 3.42. The summed E-state index contributed by atoms with van der Waals surface area (Å²) in [6.07, 6.45) is -2.05. The number of hydrogen-bond acceptors (Lipinski definition) is 2. The quantitative estimate of drug-likeness (QED) is 0.815. The van der Waals surface area contributed by atoms with E-state index in [1.165, 1.54) is 22.6 Å². The molecule has 0 aliphatic rings. The van der Waals surface area contributed by atoms with Crippen molar-refractivity contribution in [2.45, 2.75) is 6.43 Å². The highest BCUT2D eigenvalue weighted by molar-refractivity contribution is 14.1. The summed E-state index contributed by atoms with van der Waals surface area (Å²) < 4.78 is 24.1. The van der Waals surface area contributed by atoms with Gasteiger partial charge < -0.3 is 10.1 Å². The summed E-state index contributed by atoms with van der Waals surface area (Å²) in [6, 6.07) is 0. The van der Waals surface area contributed by atoms with E-state index in [0.29, 0.717) is 0 Å². The lowest BCUT2D eigenvalue weighted by atomic mass is 10.2. The maximum absolute atomic E-state index is 12.2. The fourth-order valence-electron chi connectivity index (χ4n) is 0.837. The summed E-state index contributed by atoms with van der Waals surface area (Å²) in [5.74, 6) is -1.44. The third-order valence-electron chi connectivity index (χ3n) is 1.50. The molecule has 0 fully saturated rings. The Bertz CT molecular complexity index is 429.